The van der Waals surface area contributed by atoms with Crippen LogP contribution < -0.4 is 11.0 Å². The van der Waals surface area contributed by atoms with E-state index in [9.17, 15) is 24.0 Å². The SMILES string of the molecule is CC(=O)OC[C@H]1O[C@@H](n2ccc(=O)c3ccccc3c2=O)[C@H](OC(C)=O)[C@@H]1OC(C)=O. The van der Waals surface area contributed by atoms with Crippen LogP contribution in [0.3, 0.4) is 0 Å². The van der Waals surface area contributed by atoms with Gasteiger partial charge in [0.2, 0.25) is 0 Å². The summed E-state index contributed by atoms with van der Waals surface area (Å²) in [5.41, 5.74) is -0.962. The monoisotopic (exact) mass is 431 g/mol. The summed E-state index contributed by atoms with van der Waals surface area (Å²) in [5.74, 6) is -1.98. The smallest absolute Gasteiger partial charge is 0.303 e. The zero-order valence-corrected chi connectivity index (χ0v) is 17.1. The zero-order valence-electron chi connectivity index (χ0n) is 17.1. The van der Waals surface area contributed by atoms with Crippen LogP contribution >= 0.6 is 0 Å². The molecule has 0 saturated carbocycles. The number of nitrogens with zero attached hydrogens (tertiary/aromatic N) is 1. The molecule has 1 aromatic carbocycles. The van der Waals surface area contributed by atoms with E-state index in [-0.39, 0.29) is 22.8 Å². The van der Waals surface area contributed by atoms with Gasteiger partial charge in [0.1, 0.15) is 12.7 Å². The van der Waals surface area contributed by atoms with E-state index >= 15 is 0 Å². The first-order valence-corrected chi connectivity index (χ1v) is 9.46. The number of carbonyl (C=O) groups is 3. The van der Waals surface area contributed by atoms with Crippen molar-refractivity contribution in [2.45, 2.75) is 45.3 Å². The molecular weight excluding hydrogens is 410 g/mol. The van der Waals surface area contributed by atoms with Crippen molar-refractivity contribution in [2.75, 3.05) is 6.61 Å². The molecule has 1 aliphatic rings. The van der Waals surface area contributed by atoms with E-state index in [0.29, 0.717) is 0 Å². The maximum absolute atomic E-state index is 13.2. The molecule has 1 aromatic heterocycles. The fourth-order valence-corrected chi connectivity index (χ4v) is 3.45. The summed E-state index contributed by atoms with van der Waals surface area (Å²) in [5, 5.41) is 0.344. The Kier molecular flexibility index (Phi) is 6.50. The largest absolute Gasteiger partial charge is 0.463 e. The summed E-state index contributed by atoms with van der Waals surface area (Å²) in [7, 11) is 0. The van der Waals surface area contributed by atoms with Crippen molar-refractivity contribution in [2.24, 2.45) is 0 Å². The van der Waals surface area contributed by atoms with E-state index in [1.807, 2.05) is 0 Å². The number of esters is 3. The van der Waals surface area contributed by atoms with E-state index in [2.05, 4.69) is 0 Å². The lowest BCUT2D eigenvalue weighted by Gasteiger charge is -2.23. The van der Waals surface area contributed by atoms with Crippen LogP contribution in [0.4, 0.5) is 0 Å². The fraction of sp³-hybridized carbons (Fsp3) is 0.381. The minimum Gasteiger partial charge on any atom is -0.463 e. The number of hydrogen-bond donors (Lipinski definition) is 0. The lowest BCUT2D eigenvalue weighted by Crippen LogP contribution is -2.41. The third kappa shape index (κ3) is 4.80. The van der Waals surface area contributed by atoms with Gasteiger partial charge in [0, 0.05) is 38.4 Å². The van der Waals surface area contributed by atoms with Crippen molar-refractivity contribution in [1.29, 1.82) is 0 Å². The van der Waals surface area contributed by atoms with E-state index < -0.39 is 48.0 Å². The normalized spacial score (nSPS) is 22.7. The molecule has 10 heteroatoms. The van der Waals surface area contributed by atoms with Crippen molar-refractivity contribution in [3.05, 3.63) is 57.1 Å². The maximum Gasteiger partial charge on any atom is 0.303 e. The lowest BCUT2D eigenvalue weighted by atomic mass is 10.1. The third-order valence-corrected chi connectivity index (χ3v) is 4.66. The Bertz CT molecular complexity index is 1140. The molecule has 0 spiro atoms. The van der Waals surface area contributed by atoms with Gasteiger partial charge in [0.05, 0.1) is 5.39 Å². The average molecular weight is 431 g/mol. The molecule has 0 bridgehead atoms. The molecular formula is C21H21NO9. The first-order valence-electron chi connectivity index (χ1n) is 9.46. The highest BCUT2D eigenvalue weighted by molar-refractivity contribution is 5.80. The van der Waals surface area contributed by atoms with E-state index in [1.165, 1.54) is 31.3 Å². The first-order chi connectivity index (χ1) is 14.7. The Labute approximate surface area is 176 Å². The number of aromatic nitrogens is 1. The highest BCUT2D eigenvalue weighted by Crippen LogP contribution is 2.33. The number of rotatable bonds is 5. The van der Waals surface area contributed by atoms with Crippen molar-refractivity contribution in [1.82, 2.24) is 4.57 Å². The van der Waals surface area contributed by atoms with Crippen LogP contribution in [0.25, 0.3) is 10.8 Å². The van der Waals surface area contributed by atoms with Crippen LogP contribution in [0.5, 0.6) is 0 Å². The van der Waals surface area contributed by atoms with Gasteiger partial charge in [0.25, 0.3) is 5.56 Å². The predicted octanol–water partition coefficient (Wildman–Crippen LogP) is 0.686. The van der Waals surface area contributed by atoms with Crippen molar-refractivity contribution < 1.29 is 33.3 Å². The molecule has 0 amide bonds. The molecule has 4 atom stereocenters. The van der Waals surface area contributed by atoms with Gasteiger partial charge in [-0.1, -0.05) is 18.2 Å². The number of hydrogen-bond acceptors (Lipinski definition) is 9. The Morgan fingerprint density at radius 3 is 2.13 bits per heavy atom. The topological polar surface area (TPSA) is 127 Å². The molecule has 164 valence electrons. The van der Waals surface area contributed by atoms with Crippen LogP contribution in [0.2, 0.25) is 0 Å². The number of benzene rings is 1. The van der Waals surface area contributed by atoms with Crippen molar-refractivity contribution in [3.63, 3.8) is 0 Å². The average Bonchev–Trinajstić information content (AvgIpc) is 2.95. The second kappa shape index (κ2) is 9.09. The van der Waals surface area contributed by atoms with Gasteiger partial charge < -0.3 is 18.9 Å². The summed E-state index contributed by atoms with van der Waals surface area (Å²) >= 11 is 0. The molecule has 1 fully saturated rings. The fourth-order valence-electron chi connectivity index (χ4n) is 3.45. The van der Waals surface area contributed by atoms with E-state index in [0.717, 1.165) is 18.4 Å². The minimum atomic E-state index is -1.24. The number of ether oxygens (including phenoxy) is 4. The van der Waals surface area contributed by atoms with Gasteiger partial charge in [-0.2, -0.15) is 0 Å². The third-order valence-electron chi connectivity index (χ3n) is 4.66. The van der Waals surface area contributed by atoms with Crippen LogP contribution in [0, 0.1) is 0 Å². The quantitative estimate of drug-likeness (QED) is 0.496. The highest BCUT2D eigenvalue weighted by Gasteiger charge is 2.50. The molecule has 2 aromatic rings. The van der Waals surface area contributed by atoms with Gasteiger partial charge in [-0.3, -0.25) is 28.5 Å². The van der Waals surface area contributed by atoms with Gasteiger partial charge in [-0.25, -0.2) is 0 Å². The van der Waals surface area contributed by atoms with Gasteiger partial charge in [-0.05, 0) is 6.07 Å². The molecule has 1 aliphatic heterocycles. The molecule has 0 aliphatic carbocycles. The maximum atomic E-state index is 13.2. The van der Waals surface area contributed by atoms with Crippen LogP contribution in [-0.4, -0.2) is 47.4 Å². The van der Waals surface area contributed by atoms with E-state index in [1.54, 1.807) is 12.1 Å². The van der Waals surface area contributed by atoms with Crippen LogP contribution in [-0.2, 0) is 33.3 Å². The number of fused-ring (bicyclic) bond motifs is 1. The Balaban J connectivity index is 2.14. The lowest BCUT2D eigenvalue weighted by molar-refractivity contribution is -0.166. The van der Waals surface area contributed by atoms with Crippen LogP contribution in [0.1, 0.15) is 27.0 Å². The van der Waals surface area contributed by atoms with E-state index in [4.69, 9.17) is 18.9 Å². The van der Waals surface area contributed by atoms with Crippen molar-refractivity contribution in [3.8, 4) is 0 Å². The molecule has 0 radical (unpaired) electrons. The zero-order chi connectivity index (χ0) is 22.7. The van der Waals surface area contributed by atoms with Crippen LogP contribution in [0.15, 0.2) is 46.1 Å². The second-order valence-electron chi connectivity index (χ2n) is 6.95. The predicted molar refractivity (Wildman–Crippen MR) is 106 cm³/mol. The summed E-state index contributed by atoms with van der Waals surface area (Å²) in [6.07, 6.45) is -3.41. The summed E-state index contributed by atoms with van der Waals surface area (Å²) in [6, 6.07) is 7.45. The summed E-state index contributed by atoms with van der Waals surface area (Å²) in [4.78, 5) is 60.3. The summed E-state index contributed by atoms with van der Waals surface area (Å²) < 4.78 is 22.6. The second-order valence-corrected chi connectivity index (χ2v) is 6.95. The van der Waals surface area contributed by atoms with Crippen molar-refractivity contribution >= 4 is 28.7 Å². The van der Waals surface area contributed by atoms with Gasteiger partial charge >= 0.3 is 17.9 Å². The molecule has 3 rings (SSSR count). The molecule has 31 heavy (non-hydrogen) atoms. The molecule has 1 saturated heterocycles. The Hall–Kier alpha value is -3.53. The molecule has 0 unspecified atom stereocenters. The number of carbonyl (C=O) groups excluding carboxylic acids is 3. The molecule has 0 N–H and O–H groups in total. The highest BCUT2D eigenvalue weighted by atomic mass is 16.7. The molecule has 2 heterocycles. The standard InChI is InChI=1S/C21H21NO9/c1-11(23)28-10-17-18(29-12(2)24)19(30-13(3)25)21(31-17)22-9-8-16(26)14-6-4-5-7-15(14)20(22)27/h4-9,17-19,21H,10H2,1-3H3/t17-,18-,19-,21-/m1/s1. The molecule has 10 nitrogen and oxygen atoms in total. The first kappa shape index (κ1) is 22.2. The minimum absolute atomic E-state index is 0.134. The summed E-state index contributed by atoms with van der Waals surface area (Å²) in [6.45, 7) is 3.20. The Morgan fingerprint density at radius 1 is 0.903 bits per heavy atom. The Morgan fingerprint density at radius 2 is 1.52 bits per heavy atom. The van der Waals surface area contributed by atoms with Gasteiger partial charge in [-0.15, -0.1) is 0 Å². The van der Waals surface area contributed by atoms with Gasteiger partial charge in [0.15, 0.2) is 23.9 Å².